The van der Waals surface area contributed by atoms with Gasteiger partial charge in [-0.05, 0) is 72.0 Å². The monoisotopic (exact) mass is 398 g/mol. The highest BCUT2D eigenvalue weighted by Gasteiger charge is 2.51. The fourth-order valence-corrected chi connectivity index (χ4v) is 3.08. The number of nitrogens with zero attached hydrogens (tertiary/aromatic N) is 3. The molecule has 0 unspecified atom stereocenters. The minimum Gasteiger partial charge on any atom is -0.399 e. The first-order valence-corrected chi connectivity index (χ1v) is 9.95. The number of hydrogen-bond acceptors (Lipinski definition) is 5. The quantitative estimate of drug-likeness (QED) is 0.801. The topological polar surface area (TPSA) is 78.3 Å². The average molecular weight is 398 g/mol. The van der Waals surface area contributed by atoms with E-state index < -0.39 is 0 Å². The first-order valence-electron chi connectivity index (χ1n) is 9.95. The minimum atomic E-state index is -0.383. The van der Waals surface area contributed by atoms with Crippen LogP contribution in [0.4, 0.5) is 0 Å². The molecular weight excluding hydrogens is 367 g/mol. The molecule has 8 heteroatoms. The summed E-state index contributed by atoms with van der Waals surface area (Å²) in [6.45, 7) is 16.6. The SMILES string of the molecule is Cc1cc(B2OC(C)(C)C(C)(C)O2)ccc1Cn1cc(C(=O)NC(C)(C)C)nn1. The van der Waals surface area contributed by atoms with E-state index in [1.165, 1.54) is 0 Å². The second kappa shape index (κ2) is 7.25. The maximum Gasteiger partial charge on any atom is 0.494 e. The number of amides is 1. The number of aryl methyl sites for hydroxylation is 1. The van der Waals surface area contributed by atoms with Crippen LogP contribution in [0, 0.1) is 6.92 Å². The average Bonchev–Trinajstić information content (AvgIpc) is 3.10. The van der Waals surface area contributed by atoms with Gasteiger partial charge in [0.1, 0.15) is 0 Å². The van der Waals surface area contributed by atoms with Crippen molar-refractivity contribution in [2.75, 3.05) is 0 Å². The lowest BCUT2D eigenvalue weighted by Crippen LogP contribution is -2.41. The Kier molecular flexibility index (Phi) is 5.38. The Morgan fingerprint density at radius 2 is 1.79 bits per heavy atom. The van der Waals surface area contributed by atoms with Crippen molar-refractivity contribution in [3.05, 3.63) is 41.2 Å². The van der Waals surface area contributed by atoms with E-state index in [1.807, 2.05) is 67.5 Å². The second-order valence-electron chi connectivity index (χ2n) is 9.78. The first kappa shape index (κ1) is 21.5. The Labute approximate surface area is 173 Å². The molecule has 0 aliphatic carbocycles. The van der Waals surface area contributed by atoms with Crippen LogP contribution >= 0.6 is 0 Å². The molecule has 0 radical (unpaired) electrons. The van der Waals surface area contributed by atoms with Gasteiger partial charge in [0.05, 0.1) is 23.9 Å². The summed E-state index contributed by atoms with van der Waals surface area (Å²) in [7, 11) is -0.383. The van der Waals surface area contributed by atoms with E-state index in [1.54, 1.807) is 10.9 Å². The van der Waals surface area contributed by atoms with Gasteiger partial charge >= 0.3 is 7.12 Å². The van der Waals surface area contributed by atoms with Crippen molar-refractivity contribution in [2.45, 2.75) is 78.7 Å². The van der Waals surface area contributed by atoms with Crippen LogP contribution in [0.25, 0.3) is 0 Å². The van der Waals surface area contributed by atoms with E-state index in [4.69, 9.17) is 9.31 Å². The van der Waals surface area contributed by atoms with Gasteiger partial charge in [0, 0.05) is 5.54 Å². The van der Waals surface area contributed by atoms with E-state index >= 15 is 0 Å². The van der Waals surface area contributed by atoms with Gasteiger partial charge in [-0.3, -0.25) is 4.79 Å². The maximum atomic E-state index is 12.2. The summed E-state index contributed by atoms with van der Waals surface area (Å²) in [5.41, 5.74) is 2.46. The Morgan fingerprint density at radius 1 is 1.17 bits per heavy atom. The molecule has 1 fully saturated rings. The van der Waals surface area contributed by atoms with Gasteiger partial charge in [0.25, 0.3) is 5.91 Å². The lowest BCUT2D eigenvalue weighted by molar-refractivity contribution is 0.00578. The summed E-state index contributed by atoms with van der Waals surface area (Å²) in [4.78, 5) is 12.2. The van der Waals surface area contributed by atoms with Crippen LogP contribution in [-0.2, 0) is 15.9 Å². The van der Waals surface area contributed by atoms with Crippen LogP contribution in [0.1, 0.15) is 70.1 Å². The zero-order valence-electron chi connectivity index (χ0n) is 18.7. The molecule has 1 saturated heterocycles. The number of benzene rings is 1. The van der Waals surface area contributed by atoms with Gasteiger partial charge in [0.15, 0.2) is 5.69 Å². The summed E-state index contributed by atoms with van der Waals surface area (Å²) >= 11 is 0. The lowest BCUT2D eigenvalue weighted by Gasteiger charge is -2.32. The van der Waals surface area contributed by atoms with Crippen LogP contribution in [0.3, 0.4) is 0 Å². The smallest absolute Gasteiger partial charge is 0.399 e. The Morgan fingerprint density at radius 3 is 2.34 bits per heavy atom. The molecule has 2 heterocycles. The van der Waals surface area contributed by atoms with Gasteiger partial charge in [-0.25, -0.2) is 4.68 Å². The molecule has 1 N–H and O–H groups in total. The van der Waals surface area contributed by atoms with Crippen LogP contribution in [0.5, 0.6) is 0 Å². The number of carbonyl (C=O) groups excluding carboxylic acids is 1. The van der Waals surface area contributed by atoms with Gasteiger partial charge in [-0.15, -0.1) is 5.10 Å². The largest absolute Gasteiger partial charge is 0.494 e. The second-order valence-corrected chi connectivity index (χ2v) is 9.78. The summed E-state index contributed by atoms with van der Waals surface area (Å²) in [5.74, 6) is -0.225. The molecule has 1 aliphatic heterocycles. The number of hydrogen-bond donors (Lipinski definition) is 1. The molecule has 7 nitrogen and oxygen atoms in total. The molecular formula is C21H31BN4O3. The fourth-order valence-electron chi connectivity index (χ4n) is 3.08. The molecule has 3 rings (SSSR count). The predicted octanol–water partition coefficient (Wildman–Crippen LogP) is 2.46. The Hall–Kier alpha value is -2.19. The van der Waals surface area contributed by atoms with Crippen molar-refractivity contribution >= 4 is 18.5 Å². The highest BCUT2D eigenvalue weighted by Crippen LogP contribution is 2.36. The maximum absolute atomic E-state index is 12.2. The normalized spacial score (nSPS) is 18.1. The van der Waals surface area contributed by atoms with Crippen LogP contribution in [0.15, 0.2) is 24.4 Å². The van der Waals surface area contributed by atoms with Gasteiger partial charge in [0.2, 0.25) is 0 Å². The number of carbonyl (C=O) groups is 1. The highest BCUT2D eigenvalue weighted by atomic mass is 16.7. The van der Waals surface area contributed by atoms with Gasteiger partial charge in [-0.2, -0.15) is 0 Å². The van der Waals surface area contributed by atoms with E-state index in [-0.39, 0.29) is 29.8 Å². The highest BCUT2D eigenvalue weighted by molar-refractivity contribution is 6.62. The molecule has 1 aromatic carbocycles. The Bertz CT molecular complexity index is 899. The third-order valence-corrected chi connectivity index (χ3v) is 5.48. The molecule has 0 spiro atoms. The van der Waals surface area contributed by atoms with E-state index in [0.29, 0.717) is 12.2 Å². The van der Waals surface area contributed by atoms with Crippen molar-refractivity contribution in [2.24, 2.45) is 0 Å². The number of aromatic nitrogens is 3. The minimum absolute atomic E-state index is 0.225. The van der Waals surface area contributed by atoms with Gasteiger partial charge < -0.3 is 14.6 Å². The summed E-state index contributed by atoms with van der Waals surface area (Å²) in [6, 6.07) is 6.16. The van der Waals surface area contributed by atoms with E-state index in [9.17, 15) is 4.79 Å². The molecule has 1 amide bonds. The summed E-state index contributed by atoms with van der Waals surface area (Å²) in [5, 5.41) is 11.0. The molecule has 29 heavy (non-hydrogen) atoms. The van der Waals surface area contributed by atoms with E-state index in [2.05, 4.69) is 21.7 Å². The van der Waals surface area contributed by atoms with Crippen molar-refractivity contribution in [3.63, 3.8) is 0 Å². The molecule has 1 aromatic heterocycles. The summed E-state index contributed by atoms with van der Waals surface area (Å²) < 4.78 is 14.0. The van der Waals surface area contributed by atoms with Crippen LogP contribution < -0.4 is 10.8 Å². The number of rotatable bonds is 4. The number of nitrogens with one attached hydrogen (secondary N) is 1. The molecule has 156 valence electrons. The zero-order chi connectivity index (χ0) is 21.6. The zero-order valence-corrected chi connectivity index (χ0v) is 18.7. The molecule has 0 bridgehead atoms. The van der Waals surface area contributed by atoms with Crippen molar-refractivity contribution < 1.29 is 14.1 Å². The molecule has 0 saturated carbocycles. The molecule has 0 atom stereocenters. The third-order valence-electron chi connectivity index (χ3n) is 5.48. The predicted molar refractivity (Wildman–Crippen MR) is 113 cm³/mol. The standard InChI is InChI=1S/C21H31BN4O3/c1-14-11-16(22-28-20(5,6)21(7,8)29-22)10-9-15(14)12-26-13-17(24-25-26)18(27)23-19(2,3)4/h9-11,13H,12H2,1-8H3,(H,23,27). The van der Waals surface area contributed by atoms with Crippen molar-refractivity contribution in [1.29, 1.82) is 0 Å². The van der Waals surface area contributed by atoms with Crippen LogP contribution in [-0.4, -0.2) is 44.8 Å². The fraction of sp³-hybridized carbons (Fsp3) is 0.571. The van der Waals surface area contributed by atoms with Crippen molar-refractivity contribution in [3.8, 4) is 0 Å². The van der Waals surface area contributed by atoms with Gasteiger partial charge in [-0.1, -0.05) is 23.4 Å². The summed E-state index contributed by atoms with van der Waals surface area (Å²) in [6.07, 6.45) is 1.67. The van der Waals surface area contributed by atoms with Crippen molar-refractivity contribution in [1.82, 2.24) is 20.3 Å². The van der Waals surface area contributed by atoms with Crippen LogP contribution in [0.2, 0.25) is 0 Å². The molecule has 1 aliphatic rings. The third kappa shape index (κ3) is 4.70. The Balaban J connectivity index is 1.72. The van der Waals surface area contributed by atoms with E-state index in [0.717, 1.165) is 16.6 Å². The lowest BCUT2D eigenvalue weighted by atomic mass is 9.78. The molecule has 2 aromatic rings. The first-order chi connectivity index (χ1) is 13.3.